The Morgan fingerprint density at radius 3 is 2.65 bits per heavy atom. The number of hydrogen-bond donors (Lipinski definition) is 2. The molecule has 5 nitrogen and oxygen atoms in total. The maximum atomic E-state index is 11.9. The number of nitrogens with one attached hydrogen (secondary N) is 1. The van der Waals surface area contributed by atoms with Crippen molar-refractivity contribution < 1.29 is 18.3 Å². The summed E-state index contributed by atoms with van der Waals surface area (Å²) in [6.07, 6.45) is -0.245. The van der Waals surface area contributed by atoms with E-state index in [1.54, 1.807) is 19.1 Å². The van der Waals surface area contributed by atoms with Crippen molar-refractivity contribution in [1.29, 1.82) is 0 Å². The molecule has 0 aliphatic heterocycles. The third-order valence-electron chi connectivity index (χ3n) is 2.14. The number of hydrogen-bond acceptors (Lipinski definition) is 3. The maximum absolute atomic E-state index is 11.9. The van der Waals surface area contributed by atoms with E-state index in [1.165, 1.54) is 19.1 Å². The smallest absolute Gasteiger partial charge is 0.304 e. The number of aryl methyl sites for hydroxylation is 1. The van der Waals surface area contributed by atoms with Crippen molar-refractivity contribution in [3.8, 4) is 0 Å². The van der Waals surface area contributed by atoms with E-state index in [0.717, 1.165) is 5.56 Å². The van der Waals surface area contributed by atoms with E-state index < -0.39 is 22.0 Å². The highest BCUT2D eigenvalue weighted by Crippen LogP contribution is 2.11. The van der Waals surface area contributed by atoms with Gasteiger partial charge in [0.25, 0.3) is 0 Å². The molecule has 1 aromatic carbocycles. The molecule has 0 aliphatic carbocycles. The second kappa shape index (κ2) is 5.29. The van der Waals surface area contributed by atoms with Crippen molar-refractivity contribution in [3.05, 3.63) is 29.8 Å². The van der Waals surface area contributed by atoms with E-state index in [9.17, 15) is 13.2 Å². The van der Waals surface area contributed by atoms with Crippen molar-refractivity contribution in [2.75, 3.05) is 0 Å². The average molecular weight is 257 g/mol. The Kier molecular flexibility index (Phi) is 4.25. The van der Waals surface area contributed by atoms with Crippen LogP contribution in [0.15, 0.2) is 29.2 Å². The van der Waals surface area contributed by atoms with E-state index in [4.69, 9.17) is 5.11 Å². The molecule has 0 bridgehead atoms. The van der Waals surface area contributed by atoms with Gasteiger partial charge in [0, 0.05) is 6.04 Å². The van der Waals surface area contributed by atoms with Crippen LogP contribution in [0.25, 0.3) is 0 Å². The summed E-state index contributed by atoms with van der Waals surface area (Å²) in [5.74, 6) is -1.04. The lowest BCUT2D eigenvalue weighted by molar-refractivity contribution is -0.137. The zero-order chi connectivity index (χ0) is 13.1. The minimum absolute atomic E-state index is 0.148. The molecule has 0 aliphatic rings. The highest BCUT2D eigenvalue weighted by atomic mass is 32.2. The second-order valence-electron chi connectivity index (χ2n) is 3.94. The second-order valence-corrected chi connectivity index (χ2v) is 5.65. The van der Waals surface area contributed by atoms with Crippen molar-refractivity contribution in [3.63, 3.8) is 0 Å². The van der Waals surface area contributed by atoms with E-state index in [0.29, 0.717) is 0 Å². The normalized spacial score (nSPS) is 13.3. The molecule has 0 saturated heterocycles. The summed E-state index contributed by atoms with van der Waals surface area (Å²) >= 11 is 0. The summed E-state index contributed by atoms with van der Waals surface area (Å²) in [5, 5.41) is 8.56. The number of carbonyl (C=O) groups is 1. The molecule has 2 N–H and O–H groups in total. The SMILES string of the molecule is Cc1cccc(S(=O)(=O)NC(C)CC(=O)O)c1. The van der Waals surface area contributed by atoms with Crippen LogP contribution in [0.1, 0.15) is 18.9 Å². The molecule has 1 atom stereocenters. The largest absolute Gasteiger partial charge is 0.481 e. The maximum Gasteiger partial charge on any atom is 0.304 e. The van der Waals surface area contributed by atoms with Crippen molar-refractivity contribution in [2.24, 2.45) is 0 Å². The number of aliphatic carboxylic acids is 1. The van der Waals surface area contributed by atoms with Gasteiger partial charge in [-0.05, 0) is 31.5 Å². The Bertz CT molecular complexity index is 510. The predicted molar refractivity (Wildman–Crippen MR) is 63.2 cm³/mol. The van der Waals surface area contributed by atoms with Gasteiger partial charge in [0.1, 0.15) is 0 Å². The Balaban J connectivity index is 2.86. The Morgan fingerprint density at radius 1 is 1.47 bits per heavy atom. The minimum atomic E-state index is -3.64. The number of carboxylic acid groups (broad SMARTS) is 1. The van der Waals surface area contributed by atoms with Gasteiger partial charge in [0.05, 0.1) is 11.3 Å². The quantitative estimate of drug-likeness (QED) is 0.828. The van der Waals surface area contributed by atoms with Gasteiger partial charge < -0.3 is 5.11 Å². The van der Waals surface area contributed by atoms with Crippen LogP contribution in [0, 0.1) is 6.92 Å². The van der Waals surface area contributed by atoms with E-state index in [2.05, 4.69) is 4.72 Å². The molecular weight excluding hydrogens is 242 g/mol. The summed E-state index contributed by atoms with van der Waals surface area (Å²) in [6, 6.07) is 5.81. The molecule has 0 aromatic heterocycles. The number of benzene rings is 1. The van der Waals surface area contributed by atoms with Crippen LogP contribution in [-0.4, -0.2) is 25.5 Å². The summed E-state index contributed by atoms with van der Waals surface area (Å²) in [5.41, 5.74) is 0.832. The first-order valence-corrected chi connectivity index (χ1v) is 6.60. The van der Waals surface area contributed by atoms with Crippen LogP contribution in [0.3, 0.4) is 0 Å². The lowest BCUT2D eigenvalue weighted by Crippen LogP contribution is -2.34. The average Bonchev–Trinajstić information content (AvgIpc) is 2.15. The van der Waals surface area contributed by atoms with Crippen molar-refractivity contribution in [1.82, 2.24) is 4.72 Å². The first kappa shape index (κ1) is 13.7. The fraction of sp³-hybridized carbons (Fsp3) is 0.364. The van der Waals surface area contributed by atoms with Gasteiger partial charge in [-0.25, -0.2) is 13.1 Å². The number of sulfonamides is 1. The lowest BCUT2D eigenvalue weighted by atomic mass is 10.2. The molecule has 0 heterocycles. The van der Waals surface area contributed by atoms with E-state index in [1.807, 2.05) is 0 Å². The third kappa shape index (κ3) is 4.16. The first-order valence-electron chi connectivity index (χ1n) is 5.12. The zero-order valence-electron chi connectivity index (χ0n) is 9.67. The Labute approximate surface area is 101 Å². The highest BCUT2D eigenvalue weighted by Gasteiger charge is 2.18. The third-order valence-corrected chi connectivity index (χ3v) is 3.72. The van der Waals surface area contributed by atoms with Gasteiger partial charge in [-0.15, -0.1) is 0 Å². The van der Waals surface area contributed by atoms with E-state index >= 15 is 0 Å². The fourth-order valence-electron chi connectivity index (χ4n) is 1.42. The highest BCUT2D eigenvalue weighted by molar-refractivity contribution is 7.89. The molecule has 6 heteroatoms. The van der Waals surface area contributed by atoms with Crippen LogP contribution in [-0.2, 0) is 14.8 Å². The molecule has 0 radical (unpaired) electrons. The number of rotatable bonds is 5. The molecule has 1 rings (SSSR count). The first-order chi connectivity index (χ1) is 7.81. The standard InChI is InChI=1S/C11H15NO4S/c1-8-4-3-5-10(6-8)17(15,16)12-9(2)7-11(13)14/h3-6,9,12H,7H2,1-2H3,(H,13,14). The number of carboxylic acids is 1. The van der Waals surface area contributed by atoms with E-state index in [-0.39, 0.29) is 11.3 Å². The summed E-state index contributed by atoms with van der Waals surface area (Å²) < 4.78 is 26.1. The van der Waals surface area contributed by atoms with Crippen LogP contribution in [0.5, 0.6) is 0 Å². The molecule has 0 fully saturated rings. The van der Waals surface area contributed by atoms with Gasteiger partial charge in [-0.1, -0.05) is 12.1 Å². The summed E-state index contributed by atoms with van der Waals surface area (Å²) in [7, 11) is -3.64. The van der Waals surface area contributed by atoms with Crippen LogP contribution in [0.2, 0.25) is 0 Å². The molecule has 0 amide bonds. The molecule has 1 unspecified atom stereocenters. The van der Waals surface area contributed by atoms with Gasteiger partial charge in [-0.2, -0.15) is 0 Å². The van der Waals surface area contributed by atoms with Crippen molar-refractivity contribution >= 4 is 16.0 Å². The fourth-order valence-corrected chi connectivity index (χ4v) is 2.77. The zero-order valence-corrected chi connectivity index (χ0v) is 10.5. The Hall–Kier alpha value is -1.40. The summed E-state index contributed by atoms with van der Waals surface area (Å²) in [6.45, 7) is 3.31. The molecule has 0 spiro atoms. The summed E-state index contributed by atoms with van der Waals surface area (Å²) in [4.78, 5) is 10.6. The van der Waals surface area contributed by atoms with Gasteiger partial charge in [0.2, 0.25) is 10.0 Å². The predicted octanol–water partition coefficient (Wildman–Crippen LogP) is 1.14. The monoisotopic (exact) mass is 257 g/mol. The Morgan fingerprint density at radius 2 is 2.12 bits per heavy atom. The van der Waals surface area contributed by atoms with Crippen LogP contribution in [0.4, 0.5) is 0 Å². The lowest BCUT2D eigenvalue weighted by Gasteiger charge is -2.12. The molecular formula is C11H15NO4S. The molecule has 17 heavy (non-hydrogen) atoms. The molecule has 94 valence electrons. The van der Waals surface area contributed by atoms with Crippen LogP contribution >= 0.6 is 0 Å². The molecule has 0 saturated carbocycles. The van der Waals surface area contributed by atoms with Gasteiger partial charge >= 0.3 is 5.97 Å². The minimum Gasteiger partial charge on any atom is -0.481 e. The topological polar surface area (TPSA) is 83.5 Å². The van der Waals surface area contributed by atoms with Gasteiger partial charge in [-0.3, -0.25) is 4.79 Å². The van der Waals surface area contributed by atoms with Crippen LogP contribution < -0.4 is 4.72 Å². The van der Waals surface area contributed by atoms with Crippen molar-refractivity contribution in [2.45, 2.75) is 31.2 Å². The molecule has 1 aromatic rings. The van der Waals surface area contributed by atoms with Gasteiger partial charge in [0.15, 0.2) is 0 Å².